The Labute approximate surface area is 107 Å². The zero-order valence-corrected chi connectivity index (χ0v) is 10.8. The predicted molar refractivity (Wildman–Crippen MR) is 65.8 cm³/mol. The molecular weight excluding hydrogens is 234 g/mol. The van der Waals surface area contributed by atoms with Crippen LogP contribution in [0.4, 0.5) is 0 Å². The molecule has 2 rings (SSSR count). The van der Waals surface area contributed by atoms with Gasteiger partial charge in [0.2, 0.25) is 11.8 Å². The maximum atomic E-state index is 12.6. The van der Waals surface area contributed by atoms with Gasteiger partial charge in [-0.2, -0.15) is 0 Å². The van der Waals surface area contributed by atoms with E-state index in [0.717, 1.165) is 25.8 Å². The quantitative estimate of drug-likeness (QED) is 0.678. The summed E-state index contributed by atoms with van der Waals surface area (Å²) in [6.07, 6.45) is 2.92. The second-order valence-electron chi connectivity index (χ2n) is 5.21. The van der Waals surface area contributed by atoms with E-state index in [-0.39, 0.29) is 12.5 Å². The van der Waals surface area contributed by atoms with Gasteiger partial charge >= 0.3 is 0 Å². The zero-order valence-electron chi connectivity index (χ0n) is 10.8. The number of hydrogen-bond donors (Lipinski definition) is 2. The van der Waals surface area contributed by atoms with Crippen LogP contribution < -0.4 is 11.1 Å². The largest absolute Gasteiger partial charge is 0.377 e. The van der Waals surface area contributed by atoms with Crippen LogP contribution in [0, 0.1) is 0 Å². The Balaban J connectivity index is 2.12. The predicted octanol–water partition coefficient (Wildman–Crippen LogP) is -0.769. The Morgan fingerprint density at radius 1 is 1.44 bits per heavy atom. The first-order valence-electron chi connectivity index (χ1n) is 6.48. The van der Waals surface area contributed by atoms with Gasteiger partial charge in [-0.1, -0.05) is 0 Å². The third-order valence-corrected chi connectivity index (χ3v) is 3.81. The van der Waals surface area contributed by atoms with E-state index in [1.807, 2.05) is 6.92 Å². The molecule has 2 fully saturated rings. The van der Waals surface area contributed by atoms with Crippen LogP contribution in [0.5, 0.6) is 0 Å². The van der Waals surface area contributed by atoms with Gasteiger partial charge in [0.15, 0.2) is 0 Å². The number of ether oxygens (including phenoxy) is 1. The van der Waals surface area contributed by atoms with E-state index in [4.69, 9.17) is 10.5 Å². The first-order chi connectivity index (χ1) is 8.54. The molecule has 18 heavy (non-hydrogen) atoms. The van der Waals surface area contributed by atoms with Gasteiger partial charge in [-0.15, -0.1) is 0 Å². The van der Waals surface area contributed by atoms with Crippen molar-refractivity contribution in [1.82, 2.24) is 10.2 Å². The molecule has 0 aromatic heterocycles. The van der Waals surface area contributed by atoms with Crippen molar-refractivity contribution in [2.24, 2.45) is 5.73 Å². The number of piperidine rings is 1. The molecule has 2 heterocycles. The van der Waals surface area contributed by atoms with E-state index in [1.165, 1.54) is 0 Å². The lowest BCUT2D eigenvalue weighted by molar-refractivity contribution is -0.152. The van der Waals surface area contributed by atoms with Crippen LogP contribution >= 0.6 is 0 Å². The summed E-state index contributed by atoms with van der Waals surface area (Å²) < 4.78 is 5.23. The first kappa shape index (κ1) is 13.3. The molecule has 102 valence electrons. The third kappa shape index (κ3) is 2.49. The molecule has 0 aromatic rings. The Morgan fingerprint density at radius 2 is 2.22 bits per heavy atom. The molecular formula is C12H21N3O3. The number of nitrogens with two attached hydrogens (primary N) is 1. The van der Waals surface area contributed by atoms with Crippen molar-refractivity contribution in [1.29, 1.82) is 0 Å². The van der Waals surface area contributed by atoms with Crippen LogP contribution in [-0.2, 0) is 14.3 Å². The van der Waals surface area contributed by atoms with Gasteiger partial charge in [-0.25, -0.2) is 0 Å². The Morgan fingerprint density at radius 3 is 2.83 bits per heavy atom. The van der Waals surface area contributed by atoms with Crippen molar-refractivity contribution < 1.29 is 14.3 Å². The summed E-state index contributed by atoms with van der Waals surface area (Å²) in [5, 5.41) is 3.27. The van der Waals surface area contributed by atoms with Crippen LogP contribution in [0.15, 0.2) is 0 Å². The number of nitrogens with one attached hydrogen (secondary N) is 1. The molecule has 2 amide bonds. The fourth-order valence-electron chi connectivity index (χ4n) is 2.64. The summed E-state index contributed by atoms with van der Waals surface area (Å²) >= 11 is 0. The third-order valence-electron chi connectivity index (χ3n) is 3.81. The van der Waals surface area contributed by atoms with E-state index in [9.17, 15) is 9.59 Å². The van der Waals surface area contributed by atoms with Gasteiger partial charge in [-0.05, 0) is 32.7 Å². The van der Waals surface area contributed by atoms with Crippen molar-refractivity contribution in [2.45, 2.75) is 37.8 Å². The molecule has 2 unspecified atom stereocenters. The van der Waals surface area contributed by atoms with Crippen molar-refractivity contribution in [2.75, 3.05) is 26.3 Å². The maximum Gasteiger partial charge on any atom is 0.243 e. The minimum Gasteiger partial charge on any atom is -0.377 e. The Bertz CT molecular complexity index is 339. The van der Waals surface area contributed by atoms with Crippen LogP contribution in [-0.4, -0.2) is 54.6 Å². The van der Waals surface area contributed by atoms with Crippen molar-refractivity contribution in [3.8, 4) is 0 Å². The molecule has 0 radical (unpaired) electrons. The molecule has 0 saturated carbocycles. The standard InChI is InChI=1S/C12H21N3O3/c1-12(4-2-3-5-14-12)11(17)15-6-7-18-8-9(15)10(13)16/h9,14H,2-8H2,1H3,(H2,13,16). The molecule has 0 aromatic carbocycles. The monoisotopic (exact) mass is 255 g/mol. The average molecular weight is 255 g/mol. The summed E-state index contributed by atoms with van der Waals surface area (Å²) in [4.78, 5) is 25.5. The summed E-state index contributed by atoms with van der Waals surface area (Å²) in [6, 6.07) is -0.633. The van der Waals surface area contributed by atoms with Crippen LogP contribution in [0.25, 0.3) is 0 Å². The number of morpholine rings is 1. The lowest BCUT2D eigenvalue weighted by atomic mass is 9.89. The van der Waals surface area contributed by atoms with Crippen molar-refractivity contribution >= 4 is 11.8 Å². The summed E-state index contributed by atoms with van der Waals surface area (Å²) in [7, 11) is 0. The molecule has 2 aliphatic heterocycles. The molecule has 0 bridgehead atoms. The van der Waals surface area contributed by atoms with Crippen molar-refractivity contribution in [3.63, 3.8) is 0 Å². The summed E-state index contributed by atoms with van der Waals surface area (Å²) in [5.41, 5.74) is 4.77. The van der Waals surface area contributed by atoms with Crippen LogP contribution in [0.2, 0.25) is 0 Å². The highest BCUT2D eigenvalue weighted by Gasteiger charge is 2.42. The second kappa shape index (κ2) is 5.24. The van der Waals surface area contributed by atoms with Gasteiger partial charge in [0.25, 0.3) is 0 Å². The van der Waals surface area contributed by atoms with Crippen molar-refractivity contribution in [3.05, 3.63) is 0 Å². The number of hydrogen-bond acceptors (Lipinski definition) is 4. The van der Waals surface area contributed by atoms with E-state index in [1.54, 1.807) is 4.90 Å². The fraction of sp³-hybridized carbons (Fsp3) is 0.833. The number of primary amides is 1. The second-order valence-corrected chi connectivity index (χ2v) is 5.21. The van der Waals surface area contributed by atoms with Gasteiger partial charge in [0, 0.05) is 6.54 Å². The Hall–Kier alpha value is -1.14. The molecule has 0 aliphatic carbocycles. The van der Waals surface area contributed by atoms with Crippen LogP contribution in [0.3, 0.4) is 0 Å². The molecule has 2 aliphatic rings. The lowest BCUT2D eigenvalue weighted by Crippen LogP contribution is -2.64. The summed E-state index contributed by atoms with van der Waals surface area (Å²) in [6.45, 7) is 3.85. The number of carbonyl (C=O) groups excluding carboxylic acids is 2. The highest BCUT2D eigenvalue weighted by atomic mass is 16.5. The normalized spacial score (nSPS) is 33.2. The topological polar surface area (TPSA) is 84.7 Å². The van der Waals surface area contributed by atoms with E-state index in [0.29, 0.717) is 13.2 Å². The lowest BCUT2D eigenvalue weighted by Gasteiger charge is -2.42. The fourth-order valence-corrected chi connectivity index (χ4v) is 2.64. The first-order valence-corrected chi connectivity index (χ1v) is 6.48. The van der Waals surface area contributed by atoms with Gasteiger partial charge in [0.1, 0.15) is 6.04 Å². The van der Waals surface area contributed by atoms with Crippen LogP contribution in [0.1, 0.15) is 26.2 Å². The van der Waals surface area contributed by atoms with Gasteiger partial charge in [-0.3, -0.25) is 9.59 Å². The van der Waals surface area contributed by atoms with Gasteiger partial charge in [0.05, 0.1) is 18.8 Å². The van der Waals surface area contributed by atoms with E-state index >= 15 is 0 Å². The molecule has 2 atom stereocenters. The zero-order chi connectivity index (χ0) is 13.2. The number of rotatable bonds is 2. The summed E-state index contributed by atoms with van der Waals surface area (Å²) in [5.74, 6) is -0.531. The van der Waals surface area contributed by atoms with E-state index in [2.05, 4.69) is 5.32 Å². The molecule has 2 saturated heterocycles. The molecule has 0 spiro atoms. The smallest absolute Gasteiger partial charge is 0.243 e. The van der Waals surface area contributed by atoms with Gasteiger partial charge < -0.3 is 20.7 Å². The Kier molecular flexibility index (Phi) is 3.87. The minimum atomic E-state index is -0.633. The minimum absolute atomic E-state index is 0.0331. The maximum absolute atomic E-state index is 12.6. The number of nitrogens with zero attached hydrogens (tertiary/aromatic N) is 1. The van der Waals surface area contributed by atoms with E-state index < -0.39 is 17.5 Å². The number of amides is 2. The average Bonchev–Trinajstić information content (AvgIpc) is 2.38. The highest BCUT2D eigenvalue weighted by molar-refractivity contribution is 5.91. The highest BCUT2D eigenvalue weighted by Crippen LogP contribution is 2.23. The SMILES string of the molecule is CC1(C(=O)N2CCOCC2C(N)=O)CCCCN1. The molecule has 6 heteroatoms. The number of carbonyl (C=O) groups is 2. The molecule has 3 N–H and O–H groups in total. The molecule has 6 nitrogen and oxygen atoms in total.